The van der Waals surface area contributed by atoms with Gasteiger partial charge in [0, 0.05) is 26.0 Å². The number of methoxy groups -OCH3 is 1. The van der Waals surface area contributed by atoms with Gasteiger partial charge in [0.15, 0.2) is 0 Å². The molecule has 116 valence electrons. The zero-order valence-corrected chi connectivity index (χ0v) is 12.9. The van der Waals surface area contributed by atoms with E-state index in [0.29, 0.717) is 18.8 Å². The van der Waals surface area contributed by atoms with Crippen LogP contribution in [-0.4, -0.2) is 59.1 Å². The maximum Gasteiger partial charge on any atom is 0.272 e. The van der Waals surface area contributed by atoms with Crippen molar-refractivity contribution in [1.82, 2.24) is 14.7 Å². The number of amides is 1. The number of aromatic nitrogens is 2. The Bertz CT molecular complexity index is 520. The number of ether oxygens (including phenoxy) is 2. The van der Waals surface area contributed by atoms with Crippen LogP contribution in [-0.2, 0) is 9.47 Å². The molecule has 3 heterocycles. The lowest BCUT2D eigenvalue weighted by Crippen LogP contribution is -2.42. The molecule has 0 aromatic carbocycles. The Hall–Kier alpha value is -1.40. The second-order valence-electron chi connectivity index (χ2n) is 6.18. The van der Waals surface area contributed by atoms with Crippen LogP contribution in [0.2, 0.25) is 0 Å². The normalized spacial score (nSPS) is 29.0. The summed E-state index contributed by atoms with van der Waals surface area (Å²) in [5, 5.41) is 4.24. The fourth-order valence-corrected chi connectivity index (χ4v) is 3.45. The van der Waals surface area contributed by atoms with Crippen molar-refractivity contribution >= 4 is 5.91 Å². The van der Waals surface area contributed by atoms with Crippen LogP contribution in [0, 0.1) is 0 Å². The zero-order chi connectivity index (χ0) is 15.0. The summed E-state index contributed by atoms with van der Waals surface area (Å²) in [5.41, 5.74) is 0.322. The van der Waals surface area contributed by atoms with Gasteiger partial charge in [0.1, 0.15) is 17.4 Å². The molecule has 21 heavy (non-hydrogen) atoms. The first-order chi connectivity index (χ1) is 10.1. The van der Waals surface area contributed by atoms with Gasteiger partial charge in [0.25, 0.3) is 5.91 Å². The third kappa shape index (κ3) is 2.36. The standard InChI is InChI=1S/C15H23N3O3/c1-11(2)18-12(5-7-16-18)14(19)17-9-13(20-3)15(10-17)6-4-8-21-15/h5,7,11,13H,4,6,8-10H2,1-3H3/t13-,15-/m0/s1. The van der Waals surface area contributed by atoms with Gasteiger partial charge in [-0.3, -0.25) is 9.48 Å². The van der Waals surface area contributed by atoms with Crippen molar-refractivity contribution in [1.29, 1.82) is 0 Å². The fraction of sp³-hybridized carbons (Fsp3) is 0.733. The molecule has 2 saturated heterocycles. The molecule has 6 nitrogen and oxygen atoms in total. The summed E-state index contributed by atoms with van der Waals surface area (Å²) in [6.45, 7) is 5.98. The summed E-state index contributed by atoms with van der Waals surface area (Å²) in [5.74, 6) is 0.00984. The third-order valence-electron chi connectivity index (χ3n) is 4.52. The van der Waals surface area contributed by atoms with Crippen molar-refractivity contribution in [3.8, 4) is 0 Å². The Morgan fingerprint density at radius 3 is 3.00 bits per heavy atom. The van der Waals surface area contributed by atoms with Crippen molar-refractivity contribution in [2.24, 2.45) is 0 Å². The largest absolute Gasteiger partial charge is 0.377 e. The van der Waals surface area contributed by atoms with Gasteiger partial charge in [0.2, 0.25) is 0 Å². The van der Waals surface area contributed by atoms with Crippen molar-refractivity contribution in [2.45, 2.75) is 44.4 Å². The summed E-state index contributed by atoms with van der Waals surface area (Å²) < 4.78 is 13.3. The van der Waals surface area contributed by atoms with Crippen molar-refractivity contribution in [3.05, 3.63) is 18.0 Å². The van der Waals surface area contributed by atoms with E-state index in [9.17, 15) is 4.79 Å². The van der Waals surface area contributed by atoms with Crippen molar-refractivity contribution < 1.29 is 14.3 Å². The predicted molar refractivity (Wildman–Crippen MR) is 77.2 cm³/mol. The molecule has 0 radical (unpaired) electrons. The van der Waals surface area contributed by atoms with Gasteiger partial charge in [0.05, 0.1) is 13.1 Å². The molecule has 0 unspecified atom stereocenters. The summed E-state index contributed by atoms with van der Waals surface area (Å²) in [6, 6.07) is 1.95. The Morgan fingerprint density at radius 2 is 2.38 bits per heavy atom. The number of carbonyl (C=O) groups is 1. The van der Waals surface area contributed by atoms with Crippen LogP contribution in [0.4, 0.5) is 0 Å². The number of rotatable bonds is 3. The van der Waals surface area contributed by atoms with E-state index in [4.69, 9.17) is 9.47 Å². The second-order valence-corrected chi connectivity index (χ2v) is 6.18. The maximum atomic E-state index is 12.8. The predicted octanol–water partition coefficient (Wildman–Crippen LogP) is 1.48. The minimum atomic E-state index is -0.312. The van der Waals surface area contributed by atoms with E-state index in [1.54, 1.807) is 24.1 Å². The Kier molecular flexibility index (Phi) is 3.75. The van der Waals surface area contributed by atoms with E-state index in [-0.39, 0.29) is 23.7 Å². The number of likely N-dealkylation sites (tertiary alicyclic amines) is 1. The number of nitrogens with zero attached hydrogens (tertiary/aromatic N) is 3. The maximum absolute atomic E-state index is 12.8. The Balaban J connectivity index is 1.81. The molecule has 1 spiro atoms. The highest BCUT2D eigenvalue weighted by molar-refractivity contribution is 5.93. The fourth-order valence-electron chi connectivity index (χ4n) is 3.45. The number of carbonyl (C=O) groups excluding carboxylic acids is 1. The van der Waals surface area contributed by atoms with Crippen LogP contribution >= 0.6 is 0 Å². The number of hydrogen-bond donors (Lipinski definition) is 0. The Labute approximate surface area is 125 Å². The minimum absolute atomic E-state index is 0.00984. The van der Waals surface area contributed by atoms with Crippen LogP contribution in [0.1, 0.15) is 43.2 Å². The van der Waals surface area contributed by atoms with Gasteiger partial charge in [-0.15, -0.1) is 0 Å². The summed E-state index contributed by atoms with van der Waals surface area (Å²) in [7, 11) is 1.69. The average molecular weight is 293 g/mol. The summed E-state index contributed by atoms with van der Waals surface area (Å²) in [6.07, 6.45) is 3.63. The van der Waals surface area contributed by atoms with Crippen LogP contribution in [0.5, 0.6) is 0 Å². The molecule has 1 amide bonds. The zero-order valence-electron chi connectivity index (χ0n) is 12.9. The summed E-state index contributed by atoms with van der Waals surface area (Å²) >= 11 is 0. The molecule has 0 aliphatic carbocycles. The van der Waals surface area contributed by atoms with E-state index < -0.39 is 0 Å². The molecule has 2 aliphatic rings. The van der Waals surface area contributed by atoms with E-state index in [1.165, 1.54) is 0 Å². The molecule has 0 bridgehead atoms. The van der Waals surface area contributed by atoms with Gasteiger partial charge in [-0.2, -0.15) is 5.10 Å². The van der Waals surface area contributed by atoms with Crippen LogP contribution in [0.25, 0.3) is 0 Å². The quantitative estimate of drug-likeness (QED) is 0.847. The van der Waals surface area contributed by atoms with E-state index in [2.05, 4.69) is 5.10 Å². The van der Waals surface area contributed by atoms with Gasteiger partial charge < -0.3 is 14.4 Å². The van der Waals surface area contributed by atoms with Gasteiger partial charge in [-0.1, -0.05) is 0 Å². The molecule has 3 rings (SSSR count). The first-order valence-corrected chi connectivity index (χ1v) is 7.57. The van der Waals surface area contributed by atoms with Crippen molar-refractivity contribution in [3.63, 3.8) is 0 Å². The van der Waals surface area contributed by atoms with Gasteiger partial charge in [-0.05, 0) is 32.8 Å². The van der Waals surface area contributed by atoms with E-state index >= 15 is 0 Å². The van der Waals surface area contributed by atoms with Gasteiger partial charge >= 0.3 is 0 Å². The SMILES string of the molecule is CO[C@H]1CN(C(=O)c2ccnn2C(C)C)C[C@@]12CCCO2. The molecule has 1 aromatic heterocycles. The highest BCUT2D eigenvalue weighted by atomic mass is 16.6. The molecule has 0 N–H and O–H groups in total. The van der Waals surface area contributed by atoms with Gasteiger partial charge in [-0.25, -0.2) is 0 Å². The summed E-state index contributed by atoms with van der Waals surface area (Å²) in [4.78, 5) is 14.6. The highest BCUT2D eigenvalue weighted by Crippen LogP contribution is 2.37. The molecular weight excluding hydrogens is 270 g/mol. The molecule has 6 heteroatoms. The first-order valence-electron chi connectivity index (χ1n) is 7.57. The number of hydrogen-bond acceptors (Lipinski definition) is 4. The van der Waals surface area contributed by atoms with Crippen LogP contribution in [0.15, 0.2) is 12.3 Å². The Morgan fingerprint density at radius 1 is 1.57 bits per heavy atom. The third-order valence-corrected chi connectivity index (χ3v) is 4.52. The monoisotopic (exact) mass is 293 g/mol. The molecular formula is C15H23N3O3. The molecule has 1 aromatic rings. The molecule has 0 saturated carbocycles. The topological polar surface area (TPSA) is 56.6 Å². The van der Waals surface area contributed by atoms with E-state index in [0.717, 1.165) is 19.4 Å². The van der Waals surface area contributed by atoms with Crippen molar-refractivity contribution in [2.75, 3.05) is 26.8 Å². The average Bonchev–Trinajstić information content (AvgIpc) is 3.18. The molecule has 2 fully saturated rings. The smallest absolute Gasteiger partial charge is 0.272 e. The van der Waals surface area contributed by atoms with Crippen LogP contribution in [0.3, 0.4) is 0 Å². The molecule has 2 aliphatic heterocycles. The lowest BCUT2D eigenvalue weighted by molar-refractivity contribution is -0.0755. The minimum Gasteiger partial charge on any atom is -0.377 e. The van der Waals surface area contributed by atoms with E-state index in [1.807, 2.05) is 18.7 Å². The molecule has 2 atom stereocenters. The highest BCUT2D eigenvalue weighted by Gasteiger charge is 2.51. The first kappa shape index (κ1) is 14.5. The second kappa shape index (κ2) is 5.42. The lowest BCUT2D eigenvalue weighted by atomic mass is 9.96. The van der Waals surface area contributed by atoms with Crippen LogP contribution < -0.4 is 0 Å². The lowest BCUT2D eigenvalue weighted by Gasteiger charge is -2.27.